The van der Waals surface area contributed by atoms with Gasteiger partial charge in [0.25, 0.3) is 0 Å². The van der Waals surface area contributed by atoms with Crippen LogP contribution in [0.25, 0.3) is 0 Å². The van der Waals surface area contributed by atoms with Crippen molar-refractivity contribution in [1.29, 1.82) is 0 Å². The first-order valence-corrected chi connectivity index (χ1v) is 6.62. The molecule has 0 atom stereocenters. The first-order valence-electron chi connectivity index (χ1n) is 6.62. The maximum Gasteiger partial charge on any atom is 0.303 e. The lowest BCUT2D eigenvalue weighted by atomic mass is 9.77. The molecule has 0 bridgehead atoms. The molecule has 1 saturated carbocycles. The Balaban J connectivity index is 2.01. The third-order valence-electron chi connectivity index (χ3n) is 3.57. The van der Waals surface area contributed by atoms with E-state index in [-0.39, 0.29) is 17.9 Å². The van der Waals surface area contributed by atoms with E-state index < -0.39 is 5.97 Å². The summed E-state index contributed by atoms with van der Waals surface area (Å²) in [6.07, 6.45) is 6.06. The van der Waals surface area contributed by atoms with Crippen molar-refractivity contribution < 1.29 is 19.4 Å². The van der Waals surface area contributed by atoms with Gasteiger partial charge < -0.3 is 15.2 Å². The van der Waals surface area contributed by atoms with Gasteiger partial charge in [-0.15, -0.1) is 0 Å². The maximum atomic E-state index is 11.7. The molecular weight excluding hydrogens is 234 g/mol. The van der Waals surface area contributed by atoms with E-state index in [2.05, 4.69) is 5.32 Å². The minimum atomic E-state index is -0.758. The fourth-order valence-electron chi connectivity index (χ4n) is 2.19. The zero-order valence-electron chi connectivity index (χ0n) is 11.0. The first kappa shape index (κ1) is 15.0. The van der Waals surface area contributed by atoms with E-state index in [0.717, 1.165) is 32.1 Å². The molecule has 0 aliphatic heterocycles. The average molecular weight is 257 g/mol. The van der Waals surface area contributed by atoms with Crippen molar-refractivity contribution in [2.24, 2.45) is 0 Å². The number of carboxylic acid groups (broad SMARTS) is 1. The summed E-state index contributed by atoms with van der Waals surface area (Å²) in [6.45, 7) is 0.623. The highest BCUT2D eigenvalue weighted by molar-refractivity contribution is 5.77. The van der Waals surface area contributed by atoms with Crippen molar-refractivity contribution in [3.63, 3.8) is 0 Å². The topological polar surface area (TPSA) is 75.6 Å². The normalized spacial score (nSPS) is 16.9. The molecule has 0 heterocycles. The molecule has 0 aromatic carbocycles. The molecule has 104 valence electrons. The Bertz CT molecular complexity index is 281. The number of carbonyl (C=O) groups excluding carboxylic acids is 1. The highest BCUT2D eigenvalue weighted by atomic mass is 16.5. The van der Waals surface area contributed by atoms with Crippen LogP contribution in [0.5, 0.6) is 0 Å². The third kappa shape index (κ3) is 5.04. The largest absolute Gasteiger partial charge is 0.481 e. The lowest BCUT2D eigenvalue weighted by Crippen LogP contribution is -2.44. The van der Waals surface area contributed by atoms with Crippen LogP contribution < -0.4 is 5.32 Å². The second-order valence-corrected chi connectivity index (χ2v) is 4.97. The van der Waals surface area contributed by atoms with Gasteiger partial charge in [-0.25, -0.2) is 0 Å². The van der Waals surface area contributed by atoms with Gasteiger partial charge in [0, 0.05) is 20.1 Å². The van der Waals surface area contributed by atoms with Gasteiger partial charge in [-0.05, 0) is 32.1 Å². The Morgan fingerprint density at radius 3 is 2.50 bits per heavy atom. The van der Waals surface area contributed by atoms with Crippen LogP contribution in [0.4, 0.5) is 0 Å². The number of hydrogen-bond donors (Lipinski definition) is 2. The lowest BCUT2D eigenvalue weighted by molar-refractivity contribution is -0.137. The lowest BCUT2D eigenvalue weighted by Gasteiger charge is -2.39. The van der Waals surface area contributed by atoms with Crippen molar-refractivity contribution in [2.45, 2.75) is 57.0 Å². The number of carbonyl (C=O) groups is 2. The molecule has 5 nitrogen and oxygen atoms in total. The van der Waals surface area contributed by atoms with Crippen molar-refractivity contribution in [2.75, 3.05) is 13.7 Å². The van der Waals surface area contributed by atoms with E-state index in [1.54, 1.807) is 7.11 Å². The van der Waals surface area contributed by atoms with Crippen LogP contribution in [0.3, 0.4) is 0 Å². The van der Waals surface area contributed by atoms with E-state index in [1.165, 1.54) is 0 Å². The van der Waals surface area contributed by atoms with Crippen molar-refractivity contribution in [1.82, 2.24) is 5.32 Å². The molecule has 1 aliphatic rings. The van der Waals surface area contributed by atoms with E-state index >= 15 is 0 Å². The smallest absolute Gasteiger partial charge is 0.303 e. The first-order chi connectivity index (χ1) is 8.58. The summed E-state index contributed by atoms with van der Waals surface area (Å²) in [5.74, 6) is -0.721. The summed E-state index contributed by atoms with van der Waals surface area (Å²) in [5.41, 5.74) is -0.215. The van der Waals surface area contributed by atoms with Crippen molar-refractivity contribution in [3.8, 4) is 0 Å². The molecule has 5 heteroatoms. The average Bonchev–Trinajstić information content (AvgIpc) is 2.28. The summed E-state index contributed by atoms with van der Waals surface area (Å²) in [4.78, 5) is 22.0. The van der Waals surface area contributed by atoms with Crippen molar-refractivity contribution >= 4 is 11.9 Å². The standard InChI is InChI=1S/C13H23NO4/c1-18-13(7-5-8-13)10-11(15)14-9-4-2-3-6-12(16)17/h2-10H2,1H3,(H,14,15)(H,16,17). The Kier molecular flexibility index (Phi) is 6.12. The molecule has 18 heavy (non-hydrogen) atoms. The van der Waals surface area contributed by atoms with Crippen LogP contribution in [0.2, 0.25) is 0 Å². The number of aliphatic carboxylic acids is 1. The van der Waals surface area contributed by atoms with E-state index in [9.17, 15) is 9.59 Å². The minimum Gasteiger partial charge on any atom is -0.481 e. The van der Waals surface area contributed by atoms with Crippen LogP contribution in [0, 0.1) is 0 Å². The number of hydrogen-bond acceptors (Lipinski definition) is 3. The molecule has 1 amide bonds. The molecule has 0 aromatic heterocycles. The van der Waals surface area contributed by atoms with Gasteiger partial charge in [0.15, 0.2) is 0 Å². The molecule has 1 aliphatic carbocycles. The number of amides is 1. The van der Waals surface area contributed by atoms with Gasteiger partial charge in [-0.3, -0.25) is 9.59 Å². The van der Waals surface area contributed by atoms with E-state index in [4.69, 9.17) is 9.84 Å². The number of nitrogens with one attached hydrogen (secondary N) is 1. The fourth-order valence-corrected chi connectivity index (χ4v) is 2.19. The molecular formula is C13H23NO4. The Morgan fingerprint density at radius 2 is 2.00 bits per heavy atom. The second kappa shape index (κ2) is 7.36. The Labute approximate surface area is 108 Å². The highest BCUT2D eigenvalue weighted by Crippen LogP contribution is 2.37. The third-order valence-corrected chi connectivity index (χ3v) is 3.57. The predicted octanol–water partition coefficient (Wildman–Crippen LogP) is 1.71. The molecule has 1 rings (SSSR count). The molecule has 0 spiro atoms. The fraction of sp³-hybridized carbons (Fsp3) is 0.846. The van der Waals surface area contributed by atoms with Gasteiger partial charge in [0.2, 0.25) is 5.91 Å². The van der Waals surface area contributed by atoms with Gasteiger partial charge in [0.1, 0.15) is 0 Å². The zero-order chi connectivity index (χ0) is 13.4. The predicted molar refractivity (Wildman–Crippen MR) is 67.3 cm³/mol. The number of ether oxygens (including phenoxy) is 1. The molecule has 1 fully saturated rings. The van der Waals surface area contributed by atoms with Crippen LogP contribution >= 0.6 is 0 Å². The number of rotatable bonds is 9. The summed E-state index contributed by atoms with van der Waals surface area (Å²) < 4.78 is 5.39. The van der Waals surface area contributed by atoms with Gasteiger partial charge in [-0.1, -0.05) is 6.42 Å². The summed E-state index contributed by atoms with van der Waals surface area (Å²) in [5, 5.41) is 11.3. The number of unbranched alkanes of at least 4 members (excludes halogenated alkanes) is 2. The monoisotopic (exact) mass is 257 g/mol. The quantitative estimate of drug-likeness (QED) is 0.616. The van der Waals surface area contributed by atoms with Crippen molar-refractivity contribution in [3.05, 3.63) is 0 Å². The summed E-state index contributed by atoms with van der Waals surface area (Å²) in [6, 6.07) is 0. The summed E-state index contributed by atoms with van der Waals surface area (Å²) in [7, 11) is 1.67. The number of carboxylic acids is 1. The van der Waals surface area contributed by atoms with Crippen LogP contribution in [0.15, 0.2) is 0 Å². The summed E-state index contributed by atoms with van der Waals surface area (Å²) >= 11 is 0. The van der Waals surface area contributed by atoms with Crippen LogP contribution in [-0.2, 0) is 14.3 Å². The Hall–Kier alpha value is -1.10. The van der Waals surface area contributed by atoms with Gasteiger partial charge >= 0.3 is 5.97 Å². The maximum absolute atomic E-state index is 11.7. The molecule has 0 radical (unpaired) electrons. The second-order valence-electron chi connectivity index (χ2n) is 4.97. The number of methoxy groups -OCH3 is 1. The molecule has 0 aromatic rings. The van der Waals surface area contributed by atoms with Crippen LogP contribution in [0.1, 0.15) is 51.4 Å². The Morgan fingerprint density at radius 1 is 1.28 bits per heavy atom. The van der Waals surface area contributed by atoms with Gasteiger partial charge in [-0.2, -0.15) is 0 Å². The highest BCUT2D eigenvalue weighted by Gasteiger charge is 2.38. The molecule has 0 saturated heterocycles. The van der Waals surface area contributed by atoms with Gasteiger partial charge in [0.05, 0.1) is 12.0 Å². The SMILES string of the molecule is COC1(CC(=O)NCCCCCC(=O)O)CCC1. The molecule has 0 unspecified atom stereocenters. The van der Waals surface area contributed by atoms with E-state index in [1.807, 2.05) is 0 Å². The molecule has 2 N–H and O–H groups in total. The zero-order valence-corrected chi connectivity index (χ0v) is 11.0. The van der Waals surface area contributed by atoms with E-state index in [0.29, 0.717) is 19.4 Å². The van der Waals surface area contributed by atoms with Crippen LogP contribution in [-0.4, -0.2) is 36.2 Å². The minimum absolute atomic E-state index is 0.0368.